The molecule has 0 heterocycles. The van der Waals surface area contributed by atoms with E-state index in [0.29, 0.717) is 117 Å². The predicted octanol–water partition coefficient (Wildman–Crippen LogP) is -3.77. The van der Waals surface area contributed by atoms with Crippen molar-refractivity contribution in [3.8, 4) is 0 Å². The lowest BCUT2D eigenvalue weighted by atomic mass is 10.2. The van der Waals surface area contributed by atoms with E-state index in [2.05, 4.69) is 26.2 Å². The van der Waals surface area contributed by atoms with Crippen LogP contribution in [-0.4, -0.2) is 125 Å². The Morgan fingerprint density at radius 2 is 0.711 bits per heavy atom. The molecule has 0 atom stereocenters. The van der Waals surface area contributed by atoms with Crippen LogP contribution in [0.4, 0.5) is 0 Å². The molecule has 0 unspecified atom stereocenters. The van der Waals surface area contributed by atoms with Crippen molar-refractivity contribution >= 4 is 23.6 Å². The molecule has 0 saturated heterocycles. The van der Waals surface area contributed by atoms with Crippen LogP contribution in [0.1, 0.15) is 38.5 Å². The second kappa shape index (κ2) is 24.9. The van der Waals surface area contributed by atoms with Crippen LogP contribution >= 0.6 is 0 Å². The summed E-state index contributed by atoms with van der Waals surface area (Å²) >= 11 is 0. The van der Waals surface area contributed by atoms with Crippen LogP contribution in [0, 0.1) is 0 Å². The van der Waals surface area contributed by atoms with E-state index in [1.54, 1.807) is 0 Å². The largest absolute Gasteiger partial charge is 0.356 e. The Morgan fingerprint density at radius 3 is 0.974 bits per heavy atom. The van der Waals surface area contributed by atoms with Gasteiger partial charge in [0.2, 0.25) is 23.6 Å². The van der Waals surface area contributed by atoms with E-state index in [1.807, 2.05) is 4.90 Å². The fourth-order valence-electron chi connectivity index (χ4n) is 3.43. The average molecular weight is 545 g/mol. The summed E-state index contributed by atoms with van der Waals surface area (Å²) in [5.41, 5.74) is 21.9. The minimum atomic E-state index is -0.104. The van der Waals surface area contributed by atoms with Gasteiger partial charge in [0.05, 0.1) is 0 Å². The number of nitrogens with one attached hydrogen (secondary N) is 4. The van der Waals surface area contributed by atoms with Gasteiger partial charge in [0.25, 0.3) is 0 Å². The monoisotopic (exact) mass is 544 g/mol. The third kappa shape index (κ3) is 21.7. The number of hydrogen-bond donors (Lipinski definition) is 8. The van der Waals surface area contributed by atoms with Crippen molar-refractivity contribution in [1.82, 2.24) is 31.1 Å². The maximum absolute atomic E-state index is 12.2. The second-order valence-corrected chi connectivity index (χ2v) is 8.94. The first-order valence-corrected chi connectivity index (χ1v) is 13.7. The Balaban J connectivity index is 5.03. The molecule has 4 amide bonds. The first kappa shape index (κ1) is 35.6. The third-order valence-electron chi connectivity index (χ3n) is 5.69. The van der Waals surface area contributed by atoms with Crippen LogP contribution in [0.2, 0.25) is 0 Å². The SMILES string of the molecule is NCCCNC(=O)CCN(CCC(=O)NCCCN)CCN(CCC(=O)NCCN)CCC(=O)NCCN. The molecule has 0 aromatic carbocycles. The van der Waals surface area contributed by atoms with Crippen molar-refractivity contribution in [2.24, 2.45) is 22.9 Å². The number of carbonyl (C=O) groups excluding carboxylic acids is 4. The van der Waals surface area contributed by atoms with Gasteiger partial charge in [-0.25, -0.2) is 0 Å². The lowest BCUT2D eigenvalue weighted by Crippen LogP contribution is -2.42. The molecular formula is C24H52N10O4. The summed E-state index contributed by atoms with van der Waals surface area (Å²) in [6.45, 7) is 6.67. The van der Waals surface area contributed by atoms with E-state index in [-0.39, 0.29) is 36.5 Å². The highest BCUT2D eigenvalue weighted by Crippen LogP contribution is 2.01. The summed E-state index contributed by atoms with van der Waals surface area (Å²) in [5, 5.41) is 11.2. The maximum Gasteiger partial charge on any atom is 0.221 e. The van der Waals surface area contributed by atoms with Crippen LogP contribution in [0.5, 0.6) is 0 Å². The van der Waals surface area contributed by atoms with Crippen LogP contribution < -0.4 is 44.2 Å². The smallest absolute Gasteiger partial charge is 0.221 e. The Labute approximate surface area is 227 Å². The summed E-state index contributed by atoms with van der Waals surface area (Å²) in [7, 11) is 0. The molecule has 14 nitrogen and oxygen atoms in total. The molecule has 0 aromatic rings. The molecule has 0 bridgehead atoms. The molecule has 0 aliphatic carbocycles. The molecule has 0 saturated carbocycles. The van der Waals surface area contributed by atoms with E-state index < -0.39 is 0 Å². The summed E-state index contributed by atoms with van der Waals surface area (Å²) in [6.07, 6.45) is 2.57. The number of hydrogen-bond acceptors (Lipinski definition) is 10. The molecule has 0 aliphatic rings. The van der Waals surface area contributed by atoms with Gasteiger partial charge in [-0.05, 0) is 25.9 Å². The molecule has 12 N–H and O–H groups in total. The van der Waals surface area contributed by atoms with Gasteiger partial charge in [-0.2, -0.15) is 0 Å². The highest BCUT2D eigenvalue weighted by Gasteiger charge is 2.15. The normalized spacial score (nSPS) is 11.0. The number of carbonyl (C=O) groups is 4. The summed E-state index contributed by atoms with van der Waals surface area (Å²) in [6, 6.07) is 0. The van der Waals surface area contributed by atoms with Crippen molar-refractivity contribution < 1.29 is 19.2 Å². The van der Waals surface area contributed by atoms with E-state index in [4.69, 9.17) is 22.9 Å². The van der Waals surface area contributed by atoms with E-state index >= 15 is 0 Å². The van der Waals surface area contributed by atoms with Crippen molar-refractivity contribution in [3.63, 3.8) is 0 Å². The number of amides is 4. The topological polar surface area (TPSA) is 227 Å². The summed E-state index contributed by atoms with van der Waals surface area (Å²) < 4.78 is 0. The highest BCUT2D eigenvalue weighted by molar-refractivity contribution is 5.77. The summed E-state index contributed by atoms with van der Waals surface area (Å²) in [5.74, 6) is -0.344. The quantitative estimate of drug-likeness (QED) is 0.0523. The van der Waals surface area contributed by atoms with E-state index in [1.165, 1.54) is 0 Å². The zero-order valence-corrected chi connectivity index (χ0v) is 23.0. The molecule has 14 heteroatoms. The zero-order valence-electron chi connectivity index (χ0n) is 23.0. The fraction of sp³-hybridized carbons (Fsp3) is 0.833. The molecule has 222 valence electrons. The molecule has 0 radical (unpaired) electrons. The summed E-state index contributed by atoms with van der Waals surface area (Å²) in [4.78, 5) is 52.7. The Kier molecular flexibility index (Phi) is 23.4. The van der Waals surface area contributed by atoms with Gasteiger partial charge in [0.1, 0.15) is 0 Å². The van der Waals surface area contributed by atoms with E-state index in [9.17, 15) is 19.2 Å². The molecule has 0 fully saturated rings. The highest BCUT2D eigenvalue weighted by atomic mass is 16.2. The Morgan fingerprint density at radius 1 is 0.421 bits per heavy atom. The van der Waals surface area contributed by atoms with Gasteiger partial charge in [0.15, 0.2) is 0 Å². The van der Waals surface area contributed by atoms with Gasteiger partial charge in [-0.3, -0.25) is 19.2 Å². The first-order chi connectivity index (χ1) is 18.4. The lowest BCUT2D eigenvalue weighted by Gasteiger charge is -2.27. The Bertz CT molecular complexity index is 604. The molecular weight excluding hydrogens is 492 g/mol. The minimum Gasteiger partial charge on any atom is -0.356 e. The minimum absolute atomic E-state index is 0.0687. The van der Waals surface area contributed by atoms with Gasteiger partial charge >= 0.3 is 0 Å². The zero-order chi connectivity index (χ0) is 28.4. The van der Waals surface area contributed by atoms with E-state index in [0.717, 1.165) is 0 Å². The predicted molar refractivity (Wildman–Crippen MR) is 149 cm³/mol. The molecule has 0 spiro atoms. The van der Waals surface area contributed by atoms with Crippen LogP contribution in [0.3, 0.4) is 0 Å². The molecule has 38 heavy (non-hydrogen) atoms. The van der Waals surface area contributed by atoms with Crippen molar-refractivity contribution in [2.75, 3.05) is 91.6 Å². The first-order valence-electron chi connectivity index (χ1n) is 13.7. The fourth-order valence-corrected chi connectivity index (χ4v) is 3.43. The lowest BCUT2D eigenvalue weighted by molar-refractivity contribution is -0.123. The van der Waals surface area contributed by atoms with Crippen molar-refractivity contribution in [3.05, 3.63) is 0 Å². The third-order valence-corrected chi connectivity index (χ3v) is 5.69. The molecule has 0 aromatic heterocycles. The van der Waals surface area contributed by atoms with Gasteiger partial charge in [0, 0.05) is 104 Å². The van der Waals surface area contributed by atoms with Crippen LogP contribution in [0.25, 0.3) is 0 Å². The number of nitrogens with two attached hydrogens (primary N) is 4. The second-order valence-electron chi connectivity index (χ2n) is 8.94. The Hall–Kier alpha value is -2.36. The average Bonchev–Trinajstić information content (AvgIpc) is 2.91. The number of rotatable bonds is 25. The van der Waals surface area contributed by atoms with Gasteiger partial charge < -0.3 is 54.0 Å². The van der Waals surface area contributed by atoms with Gasteiger partial charge in [-0.1, -0.05) is 0 Å². The van der Waals surface area contributed by atoms with Crippen molar-refractivity contribution in [1.29, 1.82) is 0 Å². The molecule has 0 rings (SSSR count). The number of nitrogens with zero attached hydrogens (tertiary/aromatic N) is 2. The van der Waals surface area contributed by atoms with Crippen LogP contribution in [0.15, 0.2) is 0 Å². The maximum atomic E-state index is 12.2. The molecule has 0 aliphatic heterocycles. The standard InChI is InChI=1S/C24H52N10O4/c25-7-1-11-29-21(35)3-15-33(16-4-22(36)30-12-2-8-26)19-20-34(17-5-23(37)31-13-9-27)18-6-24(38)32-14-10-28/h1-20,25-28H2,(H,29,35)(H,30,36)(H,31,37)(H,32,38). The van der Waals surface area contributed by atoms with Crippen LogP contribution in [-0.2, 0) is 19.2 Å². The van der Waals surface area contributed by atoms with Crippen molar-refractivity contribution in [2.45, 2.75) is 38.5 Å². The van der Waals surface area contributed by atoms with Gasteiger partial charge in [-0.15, -0.1) is 0 Å².